The van der Waals surface area contributed by atoms with E-state index in [0.717, 1.165) is 59.3 Å². The summed E-state index contributed by atoms with van der Waals surface area (Å²) in [6.07, 6.45) is 7.74. The highest BCUT2D eigenvalue weighted by molar-refractivity contribution is 7.13. The fraction of sp³-hybridized carbons (Fsp3) is 0.312. The van der Waals surface area contributed by atoms with Crippen molar-refractivity contribution in [1.29, 1.82) is 0 Å². The van der Waals surface area contributed by atoms with Crippen molar-refractivity contribution in [1.82, 2.24) is 40.3 Å². The molecule has 5 rings (SSSR count). The van der Waals surface area contributed by atoms with E-state index >= 15 is 0 Å². The monoisotopic (exact) mass is 367 g/mol. The van der Waals surface area contributed by atoms with Crippen LogP contribution in [0.3, 0.4) is 0 Å². The summed E-state index contributed by atoms with van der Waals surface area (Å²) in [6.45, 7) is 2.01. The minimum absolute atomic E-state index is 0.385. The molecule has 1 saturated heterocycles. The molecule has 132 valence electrons. The molecule has 1 unspecified atom stereocenters. The average molecular weight is 367 g/mol. The summed E-state index contributed by atoms with van der Waals surface area (Å²) < 4.78 is 1.81. The minimum Gasteiger partial charge on any atom is -0.316 e. The molecule has 1 fully saturated rings. The molecule has 0 bridgehead atoms. The van der Waals surface area contributed by atoms with E-state index in [9.17, 15) is 0 Å². The van der Waals surface area contributed by atoms with Crippen LogP contribution >= 0.6 is 11.3 Å². The minimum atomic E-state index is 0.385. The number of rotatable bonds is 4. The van der Waals surface area contributed by atoms with Crippen molar-refractivity contribution in [2.75, 3.05) is 18.4 Å². The summed E-state index contributed by atoms with van der Waals surface area (Å²) in [5.74, 6) is 1.22. The molecule has 0 amide bonds. The predicted octanol–water partition coefficient (Wildman–Crippen LogP) is 2.18. The second-order valence-corrected chi connectivity index (χ2v) is 7.09. The van der Waals surface area contributed by atoms with Gasteiger partial charge in [0.25, 0.3) is 0 Å². The standard InChI is InChI=1S/C16H17N9S/c1-2-10(5-17-3-1)13-4-14(23-16-24-20-9-26-16)25-15(22-13)12(8-21-25)11-6-18-19-7-11/h4,6-10,17H,1-3,5H2,(H,18,19)(H,23,24). The third-order valence-electron chi connectivity index (χ3n) is 4.61. The lowest BCUT2D eigenvalue weighted by molar-refractivity contribution is 0.455. The molecule has 0 aromatic carbocycles. The molecule has 26 heavy (non-hydrogen) atoms. The molecule has 0 saturated carbocycles. The molecule has 4 aromatic rings. The van der Waals surface area contributed by atoms with Gasteiger partial charge in [0.2, 0.25) is 5.13 Å². The number of H-pyrrole nitrogens is 1. The molecule has 1 aliphatic rings. The molecular weight excluding hydrogens is 350 g/mol. The highest BCUT2D eigenvalue weighted by atomic mass is 32.1. The van der Waals surface area contributed by atoms with E-state index in [1.807, 2.05) is 16.9 Å². The van der Waals surface area contributed by atoms with Gasteiger partial charge in [-0.1, -0.05) is 11.3 Å². The van der Waals surface area contributed by atoms with Gasteiger partial charge >= 0.3 is 0 Å². The number of hydrogen-bond donors (Lipinski definition) is 3. The fourth-order valence-corrected chi connectivity index (χ4v) is 3.77. The maximum Gasteiger partial charge on any atom is 0.210 e. The van der Waals surface area contributed by atoms with Crippen LogP contribution in [-0.2, 0) is 0 Å². The molecule has 0 radical (unpaired) electrons. The Kier molecular flexibility index (Phi) is 3.83. The summed E-state index contributed by atoms with van der Waals surface area (Å²) >= 11 is 1.45. The van der Waals surface area contributed by atoms with E-state index in [1.54, 1.807) is 11.7 Å². The molecule has 1 atom stereocenters. The molecule has 9 nitrogen and oxygen atoms in total. The number of aromatic nitrogens is 7. The van der Waals surface area contributed by atoms with Crippen LogP contribution in [0.5, 0.6) is 0 Å². The van der Waals surface area contributed by atoms with E-state index in [2.05, 4.69) is 42.2 Å². The quantitative estimate of drug-likeness (QED) is 0.507. The molecule has 5 heterocycles. The Morgan fingerprint density at radius 2 is 2.31 bits per heavy atom. The SMILES string of the molecule is c1nnc(Nc2cc(C3CCCNC3)nc3c(-c4cn[nH]c4)cnn23)s1. The Labute approximate surface area is 152 Å². The normalized spacial score (nSPS) is 17.6. The number of nitrogens with zero attached hydrogens (tertiary/aromatic N) is 6. The van der Waals surface area contributed by atoms with E-state index < -0.39 is 0 Å². The van der Waals surface area contributed by atoms with Crippen LogP contribution in [0.25, 0.3) is 16.8 Å². The highest BCUT2D eigenvalue weighted by Crippen LogP contribution is 2.30. The lowest BCUT2D eigenvalue weighted by Crippen LogP contribution is -2.29. The third kappa shape index (κ3) is 2.72. The van der Waals surface area contributed by atoms with Gasteiger partial charge in [0.1, 0.15) is 11.3 Å². The Balaban J connectivity index is 1.65. The molecule has 10 heteroatoms. The summed E-state index contributed by atoms with van der Waals surface area (Å²) in [5, 5.41) is 26.9. The smallest absolute Gasteiger partial charge is 0.210 e. The molecular formula is C16H17N9S. The van der Waals surface area contributed by atoms with Gasteiger partial charge < -0.3 is 10.6 Å². The number of fused-ring (bicyclic) bond motifs is 1. The second kappa shape index (κ2) is 6.46. The predicted molar refractivity (Wildman–Crippen MR) is 98.6 cm³/mol. The largest absolute Gasteiger partial charge is 0.316 e. The van der Waals surface area contributed by atoms with Crippen LogP contribution in [0.15, 0.2) is 30.2 Å². The Morgan fingerprint density at radius 1 is 1.31 bits per heavy atom. The zero-order valence-electron chi connectivity index (χ0n) is 13.9. The highest BCUT2D eigenvalue weighted by Gasteiger charge is 2.21. The van der Waals surface area contributed by atoms with Crippen molar-refractivity contribution >= 4 is 27.9 Å². The molecule has 1 aliphatic heterocycles. The van der Waals surface area contributed by atoms with Gasteiger partial charge in [-0.15, -0.1) is 10.2 Å². The van der Waals surface area contributed by atoms with E-state index in [0.29, 0.717) is 5.92 Å². The molecule has 3 N–H and O–H groups in total. The van der Waals surface area contributed by atoms with Crippen LogP contribution < -0.4 is 10.6 Å². The van der Waals surface area contributed by atoms with Gasteiger partial charge in [0.15, 0.2) is 5.65 Å². The lowest BCUT2D eigenvalue weighted by Gasteiger charge is -2.23. The van der Waals surface area contributed by atoms with Gasteiger partial charge in [-0.05, 0) is 19.4 Å². The summed E-state index contributed by atoms with van der Waals surface area (Å²) in [7, 11) is 0. The molecule has 0 spiro atoms. The first-order chi connectivity index (χ1) is 12.9. The molecule has 0 aliphatic carbocycles. The van der Waals surface area contributed by atoms with Crippen LogP contribution in [0.4, 0.5) is 10.9 Å². The van der Waals surface area contributed by atoms with Crippen molar-refractivity contribution in [3.63, 3.8) is 0 Å². The zero-order valence-corrected chi connectivity index (χ0v) is 14.7. The second-order valence-electron chi connectivity index (χ2n) is 6.26. The van der Waals surface area contributed by atoms with E-state index in [-0.39, 0.29) is 0 Å². The van der Waals surface area contributed by atoms with Crippen molar-refractivity contribution < 1.29 is 0 Å². The lowest BCUT2D eigenvalue weighted by atomic mass is 9.96. The Hall–Kier alpha value is -2.85. The zero-order chi connectivity index (χ0) is 17.3. The third-order valence-corrected chi connectivity index (χ3v) is 5.22. The van der Waals surface area contributed by atoms with Crippen molar-refractivity contribution in [2.24, 2.45) is 0 Å². The number of hydrogen-bond acceptors (Lipinski definition) is 8. The van der Waals surface area contributed by atoms with Crippen molar-refractivity contribution in [3.05, 3.63) is 35.9 Å². The van der Waals surface area contributed by atoms with Crippen molar-refractivity contribution in [3.8, 4) is 11.1 Å². The maximum absolute atomic E-state index is 4.95. The topological polar surface area (TPSA) is 109 Å². The van der Waals surface area contributed by atoms with Gasteiger partial charge in [0, 0.05) is 35.9 Å². The fourth-order valence-electron chi connectivity index (χ4n) is 3.32. The van der Waals surface area contributed by atoms with Gasteiger partial charge in [-0.2, -0.15) is 14.7 Å². The van der Waals surface area contributed by atoms with Gasteiger partial charge in [-0.3, -0.25) is 5.10 Å². The molecule has 4 aromatic heterocycles. The number of piperidine rings is 1. The Morgan fingerprint density at radius 3 is 3.08 bits per heavy atom. The number of nitrogens with one attached hydrogen (secondary N) is 3. The Bertz CT molecular complexity index is 1000. The van der Waals surface area contributed by atoms with Gasteiger partial charge in [0.05, 0.1) is 18.1 Å². The summed E-state index contributed by atoms with van der Waals surface area (Å²) in [4.78, 5) is 4.95. The van der Waals surface area contributed by atoms with Crippen LogP contribution in [0.2, 0.25) is 0 Å². The summed E-state index contributed by atoms with van der Waals surface area (Å²) in [6, 6.07) is 2.07. The first kappa shape index (κ1) is 15.4. The van der Waals surface area contributed by atoms with Crippen LogP contribution in [0, 0.1) is 0 Å². The summed E-state index contributed by atoms with van der Waals surface area (Å²) in [5.41, 5.74) is 5.48. The van der Waals surface area contributed by atoms with E-state index in [1.165, 1.54) is 11.3 Å². The van der Waals surface area contributed by atoms with Crippen LogP contribution in [0.1, 0.15) is 24.5 Å². The maximum atomic E-state index is 4.95. The average Bonchev–Trinajstić information content (AvgIpc) is 3.43. The van der Waals surface area contributed by atoms with Crippen molar-refractivity contribution in [2.45, 2.75) is 18.8 Å². The first-order valence-electron chi connectivity index (χ1n) is 8.50. The van der Waals surface area contributed by atoms with E-state index in [4.69, 9.17) is 4.98 Å². The number of aromatic amines is 1. The van der Waals surface area contributed by atoms with Gasteiger partial charge in [-0.25, -0.2) is 4.98 Å². The first-order valence-corrected chi connectivity index (χ1v) is 9.38. The van der Waals surface area contributed by atoms with Crippen LogP contribution in [-0.4, -0.2) is 48.1 Å². The number of anilines is 2.